The molecule has 3 aromatic rings. The number of primary sulfonamides is 1. The van der Waals surface area contributed by atoms with Crippen molar-refractivity contribution in [3.8, 4) is 16.9 Å². The molecular formula is C21H22F3N3O3S. The fourth-order valence-electron chi connectivity index (χ4n) is 3.12. The third-order valence-corrected chi connectivity index (χ3v) is 5.71. The number of benzene rings is 2. The molecule has 0 saturated carbocycles. The van der Waals surface area contributed by atoms with E-state index in [0.29, 0.717) is 29.8 Å². The minimum Gasteiger partial charge on any atom is -0.396 e. The summed E-state index contributed by atoms with van der Waals surface area (Å²) < 4.78 is 67.2. The van der Waals surface area contributed by atoms with Crippen LogP contribution in [0.25, 0.3) is 16.9 Å². The van der Waals surface area contributed by atoms with Crippen LogP contribution in [-0.2, 0) is 15.9 Å². The second-order valence-corrected chi connectivity index (χ2v) is 8.67. The van der Waals surface area contributed by atoms with Gasteiger partial charge in [-0.15, -0.1) is 0 Å². The van der Waals surface area contributed by atoms with Gasteiger partial charge in [-0.3, -0.25) is 0 Å². The molecule has 0 unspecified atom stereocenters. The van der Waals surface area contributed by atoms with Gasteiger partial charge < -0.3 is 5.11 Å². The van der Waals surface area contributed by atoms with Crippen molar-refractivity contribution in [1.82, 2.24) is 9.78 Å². The van der Waals surface area contributed by atoms with Crippen molar-refractivity contribution in [2.45, 2.75) is 36.5 Å². The first kappa shape index (κ1) is 23.0. The van der Waals surface area contributed by atoms with Crippen LogP contribution < -0.4 is 5.14 Å². The van der Waals surface area contributed by atoms with Crippen molar-refractivity contribution in [3.05, 3.63) is 66.1 Å². The number of aliphatic hydroxyl groups is 1. The summed E-state index contributed by atoms with van der Waals surface area (Å²) in [7, 11) is -3.91. The first-order valence-electron chi connectivity index (χ1n) is 9.60. The maximum absolute atomic E-state index is 14.8. The highest BCUT2D eigenvalue weighted by molar-refractivity contribution is 7.89. The lowest BCUT2D eigenvalue weighted by molar-refractivity contribution is -0.0207. The number of nitrogens with two attached hydrogens (primary N) is 1. The van der Waals surface area contributed by atoms with Crippen molar-refractivity contribution in [2.75, 3.05) is 6.61 Å². The van der Waals surface area contributed by atoms with Gasteiger partial charge in [0.15, 0.2) is 0 Å². The molecule has 31 heavy (non-hydrogen) atoms. The van der Waals surface area contributed by atoms with E-state index in [1.54, 1.807) is 0 Å². The van der Waals surface area contributed by atoms with E-state index < -0.39 is 33.9 Å². The fraction of sp³-hybridized carbons (Fsp3) is 0.286. The molecule has 3 N–H and O–H groups in total. The lowest BCUT2D eigenvalue weighted by Gasteiger charge is -2.13. The Bertz CT molecular complexity index is 1130. The molecule has 1 heterocycles. The molecule has 0 radical (unpaired) electrons. The summed E-state index contributed by atoms with van der Waals surface area (Å²) in [6.45, 7) is -0.0522. The van der Waals surface area contributed by atoms with Crippen molar-refractivity contribution in [1.29, 1.82) is 0 Å². The monoisotopic (exact) mass is 453 g/mol. The van der Waals surface area contributed by atoms with E-state index in [9.17, 15) is 21.6 Å². The summed E-state index contributed by atoms with van der Waals surface area (Å²) in [5.41, 5.74) is 0.653. The van der Waals surface area contributed by atoms with Crippen LogP contribution in [0.4, 0.5) is 13.2 Å². The highest BCUT2D eigenvalue weighted by Gasteiger charge is 2.35. The molecule has 0 atom stereocenters. The van der Waals surface area contributed by atoms with Crippen molar-refractivity contribution in [3.63, 3.8) is 0 Å². The van der Waals surface area contributed by atoms with Crippen molar-refractivity contribution < 1.29 is 26.7 Å². The van der Waals surface area contributed by atoms with Crippen LogP contribution in [0.3, 0.4) is 0 Å². The maximum atomic E-state index is 14.8. The summed E-state index contributed by atoms with van der Waals surface area (Å²) >= 11 is 0. The second kappa shape index (κ2) is 9.21. The summed E-state index contributed by atoms with van der Waals surface area (Å²) in [6, 6.07) is 11.9. The van der Waals surface area contributed by atoms with E-state index in [4.69, 9.17) is 10.2 Å². The molecule has 6 nitrogen and oxygen atoms in total. The molecule has 0 fully saturated rings. The summed E-state index contributed by atoms with van der Waals surface area (Å²) in [6.07, 6.45) is 0.695. The Morgan fingerprint density at radius 2 is 1.65 bits per heavy atom. The van der Waals surface area contributed by atoms with Gasteiger partial charge >= 0.3 is 0 Å². The van der Waals surface area contributed by atoms with Crippen LogP contribution in [0, 0.1) is 5.82 Å². The van der Waals surface area contributed by atoms with Gasteiger partial charge in [-0.05, 0) is 67.4 Å². The van der Waals surface area contributed by atoms with E-state index in [1.165, 1.54) is 59.3 Å². The molecule has 0 saturated heterocycles. The standard InChI is InChI=1S/C21H22F3N3O3S/c22-16-6-4-15(5-7-16)19-14-20(21(23,24)12-2-1-3-13-28)26-27(19)17-8-10-18(11-9-17)31(25,29)30/h4-11,14,28H,1-3,12-13H2,(H2,25,29,30). The maximum Gasteiger partial charge on any atom is 0.291 e. The number of unbranched alkanes of at least 4 members (excludes halogenated alkanes) is 2. The molecule has 0 aliphatic carbocycles. The lowest BCUT2D eigenvalue weighted by Crippen LogP contribution is -2.15. The van der Waals surface area contributed by atoms with Gasteiger partial charge in [0.2, 0.25) is 10.0 Å². The Balaban J connectivity index is 2.03. The molecule has 0 aliphatic heterocycles. The second-order valence-electron chi connectivity index (χ2n) is 7.11. The summed E-state index contributed by atoms with van der Waals surface area (Å²) in [5.74, 6) is -3.68. The SMILES string of the molecule is NS(=O)(=O)c1ccc(-n2nc(C(F)(F)CCCCCO)cc2-c2ccc(F)cc2)cc1. The largest absolute Gasteiger partial charge is 0.396 e. The van der Waals surface area contributed by atoms with E-state index in [1.807, 2.05) is 0 Å². The number of hydrogen-bond acceptors (Lipinski definition) is 4. The van der Waals surface area contributed by atoms with E-state index in [-0.39, 0.29) is 17.9 Å². The number of sulfonamides is 1. The highest BCUT2D eigenvalue weighted by atomic mass is 32.2. The number of aromatic nitrogens is 2. The number of aliphatic hydroxyl groups excluding tert-OH is 1. The smallest absolute Gasteiger partial charge is 0.291 e. The molecule has 0 bridgehead atoms. The van der Waals surface area contributed by atoms with Crippen LogP contribution in [0.1, 0.15) is 31.4 Å². The summed E-state index contributed by atoms with van der Waals surface area (Å²) in [4.78, 5) is -0.124. The first-order valence-corrected chi connectivity index (χ1v) is 11.1. The minimum atomic E-state index is -3.91. The quantitative estimate of drug-likeness (QED) is 0.479. The Morgan fingerprint density at radius 3 is 2.23 bits per heavy atom. The third kappa shape index (κ3) is 5.52. The molecule has 10 heteroatoms. The fourth-order valence-corrected chi connectivity index (χ4v) is 3.64. The zero-order chi connectivity index (χ0) is 22.6. The van der Waals surface area contributed by atoms with Crippen LogP contribution in [0.15, 0.2) is 59.5 Å². The van der Waals surface area contributed by atoms with Crippen molar-refractivity contribution in [2.24, 2.45) is 5.14 Å². The van der Waals surface area contributed by atoms with Gasteiger partial charge in [-0.25, -0.2) is 22.6 Å². The van der Waals surface area contributed by atoms with Gasteiger partial charge in [-0.1, -0.05) is 6.42 Å². The van der Waals surface area contributed by atoms with Crippen LogP contribution in [0.2, 0.25) is 0 Å². The number of rotatable bonds is 9. The normalized spacial score (nSPS) is 12.3. The lowest BCUT2D eigenvalue weighted by atomic mass is 10.1. The van der Waals surface area contributed by atoms with E-state index in [2.05, 4.69) is 5.10 Å². The molecule has 166 valence electrons. The minimum absolute atomic E-state index is 0.0522. The van der Waals surface area contributed by atoms with Gasteiger partial charge in [0.25, 0.3) is 5.92 Å². The van der Waals surface area contributed by atoms with E-state index >= 15 is 0 Å². The molecule has 1 aromatic heterocycles. The number of hydrogen-bond donors (Lipinski definition) is 2. The van der Waals surface area contributed by atoms with Crippen LogP contribution >= 0.6 is 0 Å². The number of alkyl halides is 2. The Kier molecular flexibility index (Phi) is 6.83. The van der Waals surface area contributed by atoms with E-state index in [0.717, 1.165) is 0 Å². The van der Waals surface area contributed by atoms with Gasteiger partial charge in [0.05, 0.1) is 16.3 Å². The predicted molar refractivity (Wildman–Crippen MR) is 110 cm³/mol. The zero-order valence-electron chi connectivity index (χ0n) is 16.5. The molecule has 0 spiro atoms. The molecule has 0 amide bonds. The Labute approximate surface area is 178 Å². The zero-order valence-corrected chi connectivity index (χ0v) is 17.3. The van der Waals surface area contributed by atoms with Gasteiger partial charge in [-0.2, -0.15) is 13.9 Å². The Morgan fingerprint density at radius 1 is 1.00 bits per heavy atom. The van der Waals surface area contributed by atoms with Crippen molar-refractivity contribution >= 4 is 10.0 Å². The predicted octanol–water partition coefficient (Wildman–Crippen LogP) is 3.97. The molecule has 2 aromatic carbocycles. The highest BCUT2D eigenvalue weighted by Crippen LogP contribution is 2.36. The summed E-state index contributed by atoms with van der Waals surface area (Å²) in [5, 5.41) is 18.0. The number of nitrogens with zero attached hydrogens (tertiary/aromatic N) is 2. The molecule has 0 aliphatic rings. The number of halogens is 3. The third-order valence-electron chi connectivity index (χ3n) is 4.78. The topological polar surface area (TPSA) is 98.2 Å². The first-order chi connectivity index (χ1) is 14.6. The van der Waals surface area contributed by atoms with Crippen LogP contribution in [0.5, 0.6) is 0 Å². The van der Waals surface area contributed by atoms with Gasteiger partial charge in [0, 0.05) is 18.6 Å². The molecule has 3 rings (SSSR count). The van der Waals surface area contributed by atoms with Gasteiger partial charge in [0.1, 0.15) is 11.5 Å². The molecular weight excluding hydrogens is 431 g/mol. The van der Waals surface area contributed by atoms with Crippen LogP contribution in [-0.4, -0.2) is 29.9 Å². The Hall–Kier alpha value is -2.69. The average Bonchev–Trinajstić information content (AvgIpc) is 3.18. The average molecular weight is 453 g/mol.